The highest BCUT2D eigenvalue weighted by Gasteiger charge is 2.20. The van der Waals surface area contributed by atoms with Crippen molar-refractivity contribution in [3.8, 4) is 0 Å². The first-order valence-electron chi connectivity index (χ1n) is 6.72. The molecule has 1 aromatic carbocycles. The van der Waals surface area contributed by atoms with Crippen molar-refractivity contribution < 1.29 is 4.79 Å². The van der Waals surface area contributed by atoms with E-state index in [1.165, 1.54) is 11.3 Å². The van der Waals surface area contributed by atoms with Crippen LogP contribution in [0.15, 0.2) is 18.2 Å². The van der Waals surface area contributed by atoms with Crippen LogP contribution < -0.4 is 11.1 Å². The molecule has 0 fully saturated rings. The van der Waals surface area contributed by atoms with E-state index in [1.807, 2.05) is 12.1 Å². The number of benzene rings is 1. The van der Waals surface area contributed by atoms with Gasteiger partial charge in [0.1, 0.15) is 4.88 Å². The monoisotopic (exact) mass is 310 g/mol. The minimum Gasteiger partial charge on any atom is -0.397 e. The Morgan fingerprint density at radius 1 is 1.45 bits per heavy atom. The number of carbonyl (C=O) groups is 1. The number of fused-ring (bicyclic) bond motifs is 1. The lowest BCUT2D eigenvalue weighted by molar-refractivity contribution is 0.0929. The van der Waals surface area contributed by atoms with E-state index in [2.05, 4.69) is 26.1 Å². The van der Waals surface area contributed by atoms with Crippen LogP contribution in [0, 0.1) is 5.92 Å². The van der Waals surface area contributed by atoms with Crippen molar-refractivity contribution in [2.45, 2.75) is 33.2 Å². The second kappa shape index (κ2) is 6.02. The number of halogens is 1. The largest absolute Gasteiger partial charge is 0.397 e. The zero-order valence-electron chi connectivity index (χ0n) is 11.9. The van der Waals surface area contributed by atoms with E-state index in [1.54, 1.807) is 6.07 Å². The fourth-order valence-electron chi connectivity index (χ4n) is 2.23. The van der Waals surface area contributed by atoms with Crippen molar-refractivity contribution in [1.82, 2.24) is 5.32 Å². The molecule has 1 aromatic heterocycles. The number of carbonyl (C=O) groups excluding carboxylic acids is 1. The van der Waals surface area contributed by atoms with Gasteiger partial charge in [-0.15, -0.1) is 11.3 Å². The molecular formula is C15H19ClN2OS. The predicted molar refractivity (Wildman–Crippen MR) is 87.6 cm³/mol. The summed E-state index contributed by atoms with van der Waals surface area (Å²) in [6, 6.07) is 5.68. The maximum atomic E-state index is 12.4. The Morgan fingerprint density at radius 3 is 2.75 bits per heavy atom. The van der Waals surface area contributed by atoms with Gasteiger partial charge in [-0.25, -0.2) is 0 Å². The van der Waals surface area contributed by atoms with Crippen LogP contribution in [0.3, 0.4) is 0 Å². The molecule has 108 valence electrons. The molecule has 0 saturated carbocycles. The van der Waals surface area contributed by atoms with Crippen LogP contribution >= 0.6 is 22.9 Å². The normalized spacial score (nSPS) is 12.8. The lowest BCUT2D eigenvalue weighted by atomic mass is 10.0. The number of thiophene rings is 1. The third-order valence-corrected chi connectivity index (χ3v) is 4.88. The first-order valence-corrected chi connectivity index (χ1v) is 7.91. The average molecular weight is 311 g/mol. The van der Waals surface area contributed by atoms with E-state index in [0.717, 1.165) is 16.5 Å². The molecule has 0 saturated heterocycles. The Hall–Kier alpha value is -1.26. The number of anilines is 1. The molecule has 1 atom stereocenters. The molecule has 1 heterocycles. The van der Waals surface area contributed by atoms with Crippen molar-refractivity contribution in [2.75, 3.05) is 5.73 Å². The van der Waals surface area contributed by atoms with Gasteiger partial charge >= 0.3 is 0 Å². The highest BCUT2D eigenvalue weighted by Crippen LogP contribution is 2.35. The number of rotatable bonds is 4. The summed E-state index contributed by atoms with van der Waals surface area (Å²) >= 11 is 7.39. The fraction of sp³-hybridized carbons (Fsp3) is 0.400. The summed E-state index contributed by atoms with van der Waals surface area (Å²) in [5.74, 6) is 0.300. The summed E-state index contributed by atoms with van der Waals surface area (Å²) in [4.78, 5) is 13.0. The molecule has 5 heteroatoms. The molecule has 0 aliphatic carbocycles. The van der Waals surface area contributed by atoms with Gasteiger partial charge in [-0.2, -0.15) is 0 Å². The quantitative estimate of drug-likeness (QED) is 0.884. The average Bonchev–Trinajstić information content (AvgIpc) is 2.73. The molecule has 1 unspecified atom stereocenters. The molecule has 0 aliphatic rings. The molecule has 2 rings (SSSR count). The first-order chi connectivity index (χ1) is 9.43. The van der Waals surface area contributed by atoms with Gasteiger partial charge in [0, 0.05) is 21.2 Å². The third-order valence-electron chi connectivity index (χ3n) is 3.46. The van der Waals surface area contributed by atoms with E-state index in [0.29, 0.717) is 21.5 Å². The standard InChI is InChI=1S/C15H19ClN2OS/c1-4-11(8(2)3)18-15(19)14-13(17)10-7-9(16)5-6-12(10)20-14/h5-8,11H,4,17H2,1-3H3,(H,18,19). The summed E-state index contributed by atoms with van der Waals surface area (Å²) in [7, 11) is 0. The Labute approximate surface area is 128 Å². The molecule has 0 aliphatic heterocycles. The van der Waals surface area contributed by atoms with Crippen LogP contribution in [0.2, 0.25) is 5.02 Å². The zero-order chi connectivity index (χ0) is 14.9. The summed E-state index contributed by atoms with van der Waals surface area (Å²) in [5, 5.41) is 4.54. The number of nitrogen functional groups attached to an aromatic ring is 1. The molecule has 2 aromatic rings. The highest BCUT2D eigenvalue weighted by molar-refractivity contribution is 7.21. The molecule has 3 N–H and O–H groups in total. The van der Waals surface area contributed by atoms with Gasteiger partial charge in [-0.05, 0) is 30.5 Å². The fourth-order valence-corrected chi connectivity index (χ4v) is 3.41. The molecule has 1 amide bonds. The highest BCUT2D eigenvalue weighted by atomic mass is 35.5. The molecule has 3 nitrogen and oxygen atoms in total. The van der Waals surface area contributed by atoms with Gasteiger partial charge in [-0.3, -0.25) is 4.79 Å². The van der Waals surface area contributed by atoms with Gasteiger partial charge in [0.25, 0.3) is 5.91 Å². The lowest BCUT2D eigenvalue weighted by Crippen LogP contribution is -2.37. The van der Waals surface area contributed by atoms with Gasteiger partial charge in [0.05, 0.1) is 5.69 Å². The number of hydrogen-bond acceptors (Lipinski definition) is 3. The van der Waals surface area contributed by atoms with Crippen LogP contribution in [0.1, 0.15) is 36.9 Å². The summed E-state index contributed by atoms with van der Waals surface area (Å²) in [6.45, 7) is 6.27. The second-order valence-corrected chi connectivity index (χ2v) is 6.71. The van der Waals surface area contributed by atoms with Crippen LogP contribution in [-0.2, 0) is 0 Å². The minimum absolute atomic E-state index is 0.0969. The van der Waals surface area contributed by atoms with Crippen molar-refractivity contribution in [2.24, 2.45) is 5.92 Å². The first kappa shape index (κ1) is 15.1. The van der Waals surface area contributed by atoms with E-state index < -0.39 is 0 Å². The SMILES string of the molecule is CCC(NC(=O)c1sc2ccc(Cl)cc2c1N)C(C)C. The Morgan fingerprint density at radius 2 is 2.15 bits per heavy atom. The number of nitrogens with one attached hydrogen (secondary N) is 1. The molecule has 20 heavy (non-hydrogen) atoms. The van der Waals surface area contributed by atoms with Crippen molar-refractivity contribution in [1.29, 1.82) is 0 Å². The number of hydrogen-bond donors (Lipinski definition) is 2. The van der Waals surface area contributed by atoms with E-state index in [-0.39, 0.29) is 11.9 Å². The summed E-state index contributed by atoms with van der Waals surface area (Å²) in [5.41, 5.74) is 6.61. The predicted octanol–water partition coefficient (Wildman–Crippen LogP) is 4.30. The minimum atomic E-state index is -0.0969. The van der Waals surface area contributed by atoms with Gasteiger partial charge < -0.3 is 11.1 Å². The van der Waals surface area contributed by atoms with E-state index in [9.17, 15) is 4.79 Å². The number of amides is 1. The van der Waals surface area contributed by atoms with Crippen LogP contribution in [0.25, 0.3) is 10.1 Å². The van der Waals surface area contributed by atoms with E-state index in [4.69, 9.17) is 17.3 Å². The Bertz CT molecular complexity index is 636. The third kappa shape index (κ3) is 2.91. The second-order valence-electron chi connectivity index (χ2n) is 5.22. The van der Waals surface area contributed by atoms with E-state index >= 15 is 0 Å². The topological polar surface area (TPSA) is 55.1 Å². The molecule has 0 spiro atoms. The maximum absolute atomic E-state index is 12.4. The molecule has 0 radical (unpaired) electrons. The lowest BCUT2D eigenvalue weighted by Gasteiger charge is -2.20. The van der Waals surface area contributed by atoms with Crippen molar-refractivity contribution in [3.63, 3.8) is 0 Å². The smallest absolute Gasteiger partial charge is 0.263 e. The van der Waals surface area contributed by atoms with Gasteiger partial charge in [0.2, 0.25) is 0 Å². The van der Waals surface area contributed by atoms with Crippen molar-refractivity contribution >= 4 is 44.6 Å². The Balaban J connectivity index is 2.33. The van der Waals surface area contributed by atoms with Crippen LogP contribution in [0.4, 0.5) is 5.69 Å². The Kier molecular flexibility index (Phi) is 4.55. The zero-order valence-corrected chi connectivity index (χ0v) is 13.4. The maximum Gasteiger partial charge on any atom is 0.263 e. The summed E-state index contributed by atoms with van der Waals surface area (Å²) in [6.07, 6.45) is 0.903. The number of nitrogens with two attached hydrogens (primary N) is 1. The van der Waals surface area contributed by atoms with Crippen molar-refractivity contribution in [3.05, 3.63) is 28.1 Å². The van der Waals surface area contributed by atoms with Gasteiger partial charge in [-0.1, -0.05) is 32.4 Å². The van der Waals surface area contributed by atoms with Crippen LogP contribution in [0.5, 0.6) is 0 Å². The molecule has 0 bridgehead atoms. The van der Waals surface area contributed by atoms with Gasteiger partial charge in [0.15, 0.2) is 0 Å². The van der Waals surface area contributed by atoms with Crippen LogP contribution in [-0.4, -0.2) is 11.9 Å². The molecular weight excluding hydrogens is 292 g/mol. The summed E-state index contributed by atoms with van der Waals surface area (Å²) < 4.78 is 0.981.